The van der Waals surface area contributed by atoms with Crippen LogP contribution in [0.1, 0.15) is 0 Å². The van der Waals surface area contributed by atoms with Gasteiger partial charge in [0.05, 0.1) is 32.2 Å². The summed E-state index contributed by atoms with van der Waals surface area (Å²) in [5, 5.41) is 27.3. The van der Waals surface area contributed by atoms with E-state index in [1.807, 2.05) is 0 Å². The Hall–Kier alpha value is -4.16. The molecule has 3 N–H and O–H groups in total. The van der Waals surface area contributed by atoms with Crippen molar-refractivity contribution in [3.8, 4) is 5.75 Å². The Bertz CT molecular complexity index is 1610. The van der Waals surface area contributed by atoms with Crippen LogP contribution in [0.2, 0.25) is 0 Å². The number of aromatic hydroxyl groups is 1. The zero-order chi connectivity index (χ0) is 26.1. The number of nitrogen functional groups attached to an aromatic ring is 1. The molecule has 0 heterocycles. The van der Waals surface area contributed by atoms with Gasteiger partial charge in [-0.25, -0.2) is 16.8 Å². The van der Waals surface area contributed by atoms with Crippen LogP contribution >= 0.6 is 0 Å². The summed E-state index contributed by atoms with van der Waals surface area (Å²) in [6.07, 6.45) is 1.91. The van der Waals surface area contributed by atoms with E-state index >= 15 is 0 Å². The highest BCUT2D eigenvalue weighted by Crippen LogP contribution is 2.48. The number of rotatable bonds is 6. The molecule has 4 rings (SSSR count). The molecular formula is C24H21N5O5S2. The molecular weight excluding hydrogens is 502 g/mol. The van der Waals surface area contributed by atoms with E-state index in [0.29, 0.717) is 11.4 Å². The number of anilines is 1. The molecule has 10 nitrogen and oxygen atoms in total. The minimum absolute atomic E-state index is 0.0289. The molecule has 0 unspecified atom stereocenters. The van der Waals surface area contributed by atoms with Crippen molar-refractivity contribution < 1.29 is 21.9 Å². The van der Waals surface area contributed by atoms with Crippen LogP contribution in [-0.2, 0) is 19.7 Å². The van der Waals surface area contributed by atoms with Gasteiger partial charge in [0.2, 0.25) is 0 Å². The van der Waals surface area contributed by atoms with Crippen LogP contribution in [0.5, 0.6) is 5.75 Å². The number of azo groups is 2. The molecule has 12 heteroatoms. The molecule has 0 atom stereocenters. The Labute approximate surface area is 207 Å². The monoisotopic (exact) mass is 523 g/mol. The number of benzene rings is 4. The standard InChI is InChI=1S/C24H21N5O5S2/c1-35(31,32)18-13-15-14-19(36(2,33)34)23(29-27-17-11-7-4-8-12-17)24(30)20(15)21(25)22(18)28-26-16-9-5-3-6-10-16/h3-14,30H,25H2,1-2H3. The van der Waals surface area contributed by atoms with Crippen molar-refractivity contribution in [3.05, 3.63) is 72.8 Å². The Morgan fingerprint density at radius 2 is 1.08 bits per heavy atom. The largest absolute Gasteiger partial charge is 0.505 e. The third-order valence-electron chi connectivity index (χ3n) is 5.16. The van der Waals surface area contributed by atoms with Gasteiger partial charge in [0.15, 0.2) is 25.4 Å². The fourth-order valence-electron chi connectivity index (χ4n) is 3.48. The molecule has 4 aromatic carbocycles. The average Bonchev–Trinajstić information content (AvgIpc) is 2.82. The molecule has 0 amide bonds. The molecule has 4 aromatic rings. The van der Waals surface area contributed by atoms with E-state index in [9.17, 15) is 21.9 Å². The number of nitrogens with zero attached hydrogens (tertiary/aromatic N) is 4. The smallest absolute Gasteiger partial charge is 0.177 e. The number of nitrogens with two attached hydrogens (primary N) is 1. The van der Waals surface area contributed by atoms with Gasteiger partial charge in [0, 0.05) is 12.5 Å². The molecule has 36 heavy (non-hydrogen) atoms. The van der Waals surface area contributed by atoms with Gasteiger partial charge in [-0.3, -0.25) is 0 Å². The first kappa shape index (κ1) is 24.9. The molecule has 0 aliphatic rings. The Kier molecular flexibility index (Phi) is 6.57. The van der Waals surface area contributed by atoms with Crippen molar-refractivity contribution in [3.63, 3.8) is 0 Å². The highest BCUT2D eigenvalue weighted by molar-refractivity contribution is 7.91. The maximum atomic E-state index is 12.6. The zero-order valence-corrected chi connectivity index (χ0v) is 20.8. The lowest BCUT2D eigenvalue weighted by Gasteiger charge is -2.14. The van der Waals surface area contributed by atoms with Crippen LogP contribution in [0.25, 0.3) is 10.8 Å². The predicted octanol–water partition coefficient (Wildman–Crippen LogP) is 5.77. The maximum Gasteiger partial charge on any atom is 0.177 e. The van der Waals surface area contributed by atoms with Crippen molar-refractivity contribution in [2.45, 2.75) is 9.79 Å². The van der Waals surface area contributed by atoms with Crippen LogP contribution in [0.15, 0.2) is 103 Å². The lowest BCUT2D eigenvalue weighted by atomic mass is 10.1. The second kappa shape index (κ2) is 9.47. The quantitative estimate of drug-likeness (QED) is 0.241. The summed E-state index contributed by atoms with van der Waals surface area (Å²) < 4.78 is 50.3. The fourth-order valence-corrected chi connectivity index (χ4v) is 5.15. The number of sulfone groups is 2. The molecule has 0 aromatic heterocycles. The predicted molar refractivity (Wildman–Crippen MR) is 137 cm³/mol. The summed E-state index contributed by atoms with van der Waals surface area (Å²) in [6, 6.07) is 19.5. The topological polar surface area (TPSA) is 164 Å². The summed E-state index contributed by atoms with van der Waals surface area (Å²) >= 11 is 0. The van der Waals surface area contributed by atoms with Gasteiger partial charge < -0.3 is 10.8 Å². The van der Waals surface area contributed by atoms with Crippen LogP contribution in [0.3, 0.4) is 0 Å². The van der Waals surface area contributed by atoms with Gasteiger partial charge in [-0.2, -0.15) is 10.2 Å². The van der Waals surface area contributed by atoms with Crippen molar-refractivity contribution >= 4 is 58.9 Å². The van der Waals surface area contributed by atoms with Gasteiger partial charge in [0.1, 0.15) is 11.4 Å². The minimum Gasteiger partial charge on any atom is -0.505 e. The third kappa shape index (κ3) is 5.09. The number of hydrogen-bond donors (Lipinski definition) is 2. The second-order valence-corrected chi connectivity index (χ2v) is 11.9. The van der Waals surface area contributed by atoms with Gasteiger partial charge >= 0.3 is 0 Å². The zero-order valence-electron chi connectivity index (χ0n) is 19.2. The lowest BCUT2D eigenvalue weighted by Crippen LogP contribution is -2.03. The first-order chi connectivity index (χ1) is 17.0. The third-order valence-corrected chi connectivity index (χ3v) is 7.38. The van der Waals surface area contributed by atoms with Crippen LogP contribution in [0, 0.1) is 0 Å². The molecule has 0 aliphatic heterocycles. The normalized spacial score (nSPS) is 12.6. The van der Waals surface area contributed by atoms with Gasteiger partial charge in [-0.1, -0.05) is 36.4 Å². The first-order valence-corrected chi connectivity index (χ1v) is 14.2. The van der Waals surface area contributed by atoms with Gasteiger partial charge in [-0.15, -0.1) is 10.2 Å². The molecule has 0 radical (unpaired) electrons. The summed E-state index contributed by atoms with van der Waals surface area (Å²) in [4.78, 5) is -0.616. The lowest BCUT2D eigenvalue weighted by molar-refractivity contribution is 0.481. The summed E-state index contributed by atoms with van der Waals surface area (Å²) in [6.45, 7) is 0. The second-order valence-electron chi connectivity index (χ2n) is 7.92. The summed E-state index contributed by atoms with van der Waals surface area (Å²) in [7, 11) is -7.79. The highest BCUT2D eigenvalue weighted by Gasteiger charge is 2.26. The maximum absolute atomic E-state index is 12.6. The summed E-state index contributed by atoms with van der Waals surface area (Å²) in [5.74, 6) is -0.582. The number of phenols is 1. The van der Waals surface area contributed by atoms with E-state index < -0.39 is 25.4 Å². The Morgan fingerprint density at radius 3 is 1.53 bits per heavy atom. The Balaban J connectivity index is 2.04. The van der Waals surface area contributed by atoms with E-state index in [1.165, 1.54) is 12.1 Å². The van der Waals surface area contributed by atoms with Crippen molar-refractivity contribution in [2.24, 2.45) is 20.5 Å². The van der Waals surface area contributed by atoms with E-state index in [4.69, 9.17) is 5.73 Å². The molecule has 0 fully saturated rings. The molecule has 184 valence electrons. The number of fused-ring (bicyclic) bond motifs is 1. The molecule has 0 aliphatic carbocycles. The van der Waals surface area contributed by atoms with Crippen molar-refractivity contribution in [1.29, 1.82) is 0 Å². The van der Waals surface area contributed by atoms with Crippen LogP contribution in [-0.4, -0.2) is 34.5 Å². The molecule has 0 saturated heterocycles. The van der Waals surface area contributed by atoms with Gasteiger partial charge in [-0.05, 0) is 41.8 Å². The molecule has 0 saturated carbocycles. The van der Waals surface area contributed by atoms with E-state index in [0.717, 1.165) is 12.5 Å². The number of hydrogen-bond acceptors (Lipinski definition) is 10. The SMILES string of the molecule is CS(=O)(=O)c1cc2cc(S(C)(=O)=O)c(N=Nc3ccccc3)c(O)c2c(N)c1N=Nc1ccccc1. The van der Waals surface area contributed by atoms with Crippen molar-refractivity contribution in [2.75, 3.05) is 18.2 Å². The fraction of sp³-hybridized carbons (Fsp3) is 0.0833. The van der Waals surface area contributed by atoms with E-state index in [1.54, 1.807) is 60.7 Å². The summed E-state index contributed by atoms with van der Waals surface area (Å²) in [5.41, 5.74) is 6.46. The molecule has 0 spiro atoms. The number of phenolic OH excluding ortho intramolecular Hbond substituents is 1. The minimum atomic E-state index is -3.92. The highest BCUT2D eigenvalue weighted by atomic mass is 32.2. The van der Waals surface area contributed by atoms with Crippen LogP contribution in [0.4, 0.5) is 28.4 Å². The molecule has 0 bridgehead atoms. The Morgan fingerprint density at radius 1 is 0.667 bits per heavy atom. The van der Waals surface area contributed by atoms with Gasteiger partial charge in [0.25, 0.3) is 0 Å². The van der Waals surface area contributed by atoms with E-state index in [2.05, 4.69) is 20.5 Å². The average molecular weight is 524 g/mol. The van der Waals surface area contributed by atoms with Crippen LogP contribution < -0.4 is 5.73 Å². The van der Waals surface area contributed by atoms with Crippen molar-refractivity contribution in [1.82, 2.24) is 0 Å². The van der Waals surface area contributed by atoms with E-state index in [-0.39, 0.29) is 37.6 Å². The first-order valence-electron chi connectivity index (χ1n) is 10.4.